The second-order valence-electron chi connectivity index (χ2n) is 20.5. The van der Waals surface area contributed by atoms with Crippen LogP contribution in [-0.2, 0) is 4.74 Å². The molecule has 0 amide bonds. The monoisotopic (exact) mass is 710 g/mol. The van der Waals surface area contributed by atoms with E-state index in [2.05, 4.69) is 81.4 Å². The Labute approximate surface area is 316 Å². The van der Waals surface area contributed by atoms with Gasteiger partial charge in [0, 0.05) is 51.4 Å². The van der Waals surface area contributed by atoms with Crippen LogP contribution in [0.3, 0.4) is 0 Å². The molecule has 7 aliphatic rings. The number of benzene rings is 1. The minimum absolute atomic E-state index is 0.0743. The van der Waals surface area contributed by atoms with E-state index >= 15 is 0 Å². The Balaban J connectivity index is 1.01. The lowest BCUT2D eigenvalue weighted by Crippen LogP contribution is -2.68. The summed E-state index contributed by atoms with van der Waals surface area (Å²) in [4.78, 5) is 17.6. The van der Waals surface area contributed by atoms with Crippen LogP contribution in [0.1, 0.15) is 128 Å². The number of hydrogen-bond donors (Lipinski definition) is 1. The zero-order valence-corrected chi connectivity index (χ0v) is 34.0. The fourth-order valence-corrected chi connectivity index (χ4v) is 14.8. The van der Waals surface area contributed by atoms with Crippen molar-refractivity contribution in [1.29, 1.82) is 0 Å². The topological polar surface area (TPSA) is 44.8 Å². The van der Waals surface area contributed by atoms with Crippen molar-refractivity contribution in [2.75, 3.05) is 52.9 Å². The average molecular weight is 710 g/mol. The van der Waals surface area contributed by atoms with Gasteiger partial charge in [-0.05, 0) is 158 Å². The largest absolute Gasteiger partial charge is 0.465 e. The minimum Gasteiger partial charge on any atom is -0.465 e. The molecule has 1 saturated heterocycles. The van der Waals surface area contributed by atoms with Gasteiger partial charge in [-0.2, -0.15) is 0 Å². The van der Waals surface area contributed by atoms with Gasteiger partial charge in [-0.3, -0.25) is 4.90 Å². The van der Waals surface area contributed by atoms with Gasteiger partial charge in [0.2, 0.25) is 0 Å². The Morgan fingerprint density at radius 2 is 1.56 bits per heavy atom. The van der Waals surface area contributed by atoms with Gasteiger partial charge in [0.05, 0.1) is 12.7 Å². The highest BCUT2D eigenvalue weighted by atomic mass is 16.5. The number of ether oxygens (including phenoxy) is 1. The van der Waals surface area contributed by atoms with Crippen LogP contribution in [0.25, 0.3) is 5.57 Å². The van der Waals surface area contributed by atoms with Gasteiger partial charge in [0.15, 0.2) is 0 Å². The zero-order valence-electron chi connectivity index (χ0n) is 34.0. The van der Waals surface area contributed by atoms with E-state index in [0.717, 1.165) is 30.7 Å². The van der Waals surface area contributed by atoms with Crippen molar-refractivity contribution in [1.82, 2.24) is 15.1 Å². The number of esters is 1. The van der Waals surface area contributed by atoms with E-state index < -0.39 is 0 Å². The smallest absolute Gasteiger partial charge is 0.337 e. The fourth-order valence-electron chi connectivity index (χ4n) is 14.8. The molecular formula is C47H71N3O2. The van der Waals surface area contributed by atoms with E-state index in [1.165, 1.54) is 127 Å². The van der Waals surface area contributed by atoms with Gasteiger partial charge in [0.25, 0.3) is 0 Å². The highest BCUT2D eigenvalue weighted by Crippen LogP contribution is 2.76. The molecule has 1 aromatic rings. The molecule has 6 aliphatic carbocycles. The number of methoxy groups -OCH3 is 1. The van der Waals surface area contributed by atoms with Crippen molar-refractivity contribution in [3.8, 4) is 0 Å². The third-order valence-electron chi connectivity index (χ3n) is 17.8. The number of carbonyl (C=O) groups excluding carboxylic acids is 1. The van der Waals surface area contributed by atoms with E-state index in [9.17, 15) is 4.79 Å². The molecule has 1 N–H and O–H groups in total. The lowest BCUT2D eigenvalue weighted by molar-refractivity contribution is -0.219. The summed E-state index contributed by atoms with van der Waals surface area (Å²) in [5, 5.41) is 4.38. The molecule has 1 aromatic carbocycles. The summed E-state index contributed by atoms with van der Waals surface area (Å²) in [6, 6.07) is 8.20. The summed E-state index contributed by atoms with van der Waals surface area (Å²) in [6.45, 7) is 29.0. The predicted molar refractivity (Wildman–Crippen MR) is 214 cm³/mol. The molecule has 0 radical (unpaired) electrons. The standard InChI is InChI=1S/C47H71N3O2/c1-32(2)36-17-22-47(48-25-26-49-27-29-50(30-28-49)31-33-9-10-33)24-23-45(6)38(41(36)47)15-16-40-44(5)20-18-37(34-11-13-35(14-12-34)42(51)52-8)43(3,4)39(44)19-21-46(40,45)7/h11-14,18,33,36,38-41,48H,1,9-10,15-17,19-31H2,2-8H3/t36-,38+,39-,40+,41+,44-,45+,46+,47-/m0/s1. The molecule has 0 unspecified atom stereocenters. The van der Waals surface area contributed by atoms with E-state index in [4.69, 9.17) is 4.74 Å². The minimum atomic E-state index is -0.262. The maximum atomic E-state index is 12.2. The van der Waals surface area contributed by atoms with Crippen LogP contribution < -0.4 is 5.32 Å². The molecule has 286 valence electrons. The van der Waals surface area contributed by atoms with Crippen molar-refractivity contribution in [3.05, 3.63) is 53.6 Å². The van der Waals surface area contributed by atoms with Gasteiger partial charge < -0.3 is 15.0 Å². The van der Waals surface area contributed by atoms with E-state index in [-0.39, 0.29) is 16.9 Å². The van der Waals surface area contributed by atoms with Crippen LogP contribution in [0.4, 0.5) is 0 Å². The van der Waals surface area contributed by atoms with Gasteiger partial charge in [-0.1, -0.05) is 65.0 Å². The highest BCUT2D eigenvalue weighted by molar-refractivity contribution is 5.89. The molecule has 0 bridgehead atoms. The van der Waals surface area contributed by atoms with Crippen LogP contribution >= 0.6 is 0 Å². The van der Waals surface area contributed by atoms with Gasteiger partial charge in [-0.15, -0.1) is 0 Å². The van der Waals surface area contributed by atoms with Crippen molar-refractivity contribution < 1.29 is 9.53 Å². The first-order valence-corrected chi connectivity index (χ1v) is 21.5. The summed E-state index contributed by atoms with van der Waals surface area (Å²) in [5.74, 6) is 4.26. The van der Waals surface area contributed by atoms with Gasteiger partial charge in [-0.25, -0.2) is 4.79 Å². The fraction of sp³-hybridized carbons (Fsp3) is 0.766. The summed E-state index contributed by atoms with van der Waals surface area (Å²) in [6.07, 6.45) is 17.5. The van der Waals surface area contributed by atoms with Gasteiger partial charge in [0.1, 0.15) is 0 Å². The molecule has 8 rings (SSSR count). The van der Waals surface area contributed by atoms with E-state index in [0.29, 0.717) is 39.6 Å². The molecule has 9 atom stereocenters. The predicted octanol–water partition coefficient (Wildman–Crippen LogP) is 9.49. The number of rotatable bonds is 9. The van der Waals surface area contributed by atoms with Crippen LogP contribution in [0, 0.1) is 57.2 Å². The quantitative estimate of drug-likeness (QED) is 0.205. The lowest BCUT2D eigenvalue weighted by Gasteiger charge is -2.72. The molecule has 5 heteroatoms. The normalized spacial score (nSPS) is 41.6. The third kappa shape index (κ3) is 5.83. The molecule has 52 heavy (non-hydrogen) atoms. The Kier molecular flexibility index (Phi) is 9.51. The summed E-state index contributed by atoms with van der Waals surface area (Å²) >= 11 is 0. The zero-order chi connectivity index (χ0) is 36.7. The van der Waals surface area contributed by atoms with Crippen molar-refractivity contribution in [2.24, 2.45) is 57.2 Å². The second-order valence-corrected chi connectivity index (χ2v) is 20.5. The summed E-state index contributed by atoms with van der Waals surface area (Å²) < 4.78 is 4.99. The number of fused-ring (bicyclic) bond motifs is 7. The molecule has 1 heterocycles. The number of nitrogens with one attached hydrogen (secondary N) is 1. The van der Waals surface area contributed by atoms with Crippen LogP contribution in [0.5, 0.6) is 0 Å². The number of piperazine rings is 1. The summed E-state index contributed by atoms with van der Waals surface area (Å²) in [7, 11) is 1.46. The Morgan fingerprint density at radius 3 is 2.23 bits per heavy atom. The first-order valence-electron chi connectivity index (χ1n) is 21.5. The van der Waals surface area contributed by atoms with Gasteiger partial charge >= 0.3 is 5.97 Å². The number of carbonyl (C=O) groups is 1. The lowest BCUT2D eigenvalue weighted by atomic mass is 9.33. The molecule has 5 saturated carbocycles. The number of hydrogen-bond acceptors (Lipinski definition) is 5. The van der Waals surface area contributed by atoms with Crippen LogP contribution in [0.15, 0.2) is 42.5 Å². The number of nitrogens with zero attached hydrogens (tertiary/aromatic N) is 2. The Bertz CT molecular complexity index is 1550. The first kappa shape index (κ1) is 37.0. The molecule has 0 aromatic heterocycles. The van der Waals surface area contributed by atoms with Crippen molar-refractivity contribution in [2.45, 2.75) is 118 Å². The third-order valence-corrected chi connectivity index (χ3v) is 17.8. The summed E-state index contributed by atoms with van der Waals surface area (Å²) in [5.41, 5.74) is 6.15. The highest BCUT2D eigenvalue weighted by Gasteiger charge is 2.70. The van der Waals surface area contributed by atoms with Crippen molar-refractivity contribution >= 4 is 11.5 Å². The molecular weight excluding hydrogens is 639 g/mol. The molecule has 1 aliphatic heterocycles. The first-order chi connectivity index (χ1) is 24.8. The average Bonchev–Trinajstić information content (AvgIpc) is 3.85. The van der Waals surface area contributed by atoms with E-state index in [1.54, 1.807) is 0 Å². The second kappa shape index (κ2) is 13.4. The van der Waals surface area contributed by atoms with Crippen LogP contribution in [-0.4, -0.2) is 74.2 Å². The Hall–Kier alpha value is -1.95. The Morgan fingerprint density at radius 1 is 0.846 bits per heavy atom. The van der Waals surface area contributed by atoms with Crippen LogP contribution in [0.2, 0.25) is 0 Å². The van der Waals surface area contributed by atoms with E-state index in [1.807, 2.05) is 12.1 Å². The molecule has 5 nitrogen and oxygen atoms in total. The SMILES string of the molecule is C=C(C)[C@@H]1CC[C@]2(NCCN3CCN(CC4CC4)CC3)CC[C@]3(C)[C@H](CC[C@@H]4[C@@]5(C)CC=C(c6ccc(C(=O)OC)cc6)C(C)(C)[C@@H]5CC[C@]43C)[C@@H]12. The maximum absolute atomic E-state index is 12.2. The molecule has 6 fully saturated rings. The maximum Gasteiger partial charge on any atom is 0.337 e. The van der Waals surface area contributed by atoms with Crippen molar-refractivity contribution in [3.63, 3.8) is 0 Å². The number of allylic oxidation sites excluding steroid dienone is 3. The molecule has 0 spiro atoms.